The zero-order valence-electron chi connectivity index (χ0n) is 74.7. The summed E-state index contributed by atoms with van der Waals surface area (Å²) in [6.45, 7) is 5.29. The smallest absolute Gasteiger partial charge is 0.300 e. The van der Waals surface area contributed by atoms with Crippen LogP contribution >= 0.6 is 15.2 Å². The van der Waals surface area contributed by atoms with Crippen LogP contribution in [0.3, 0.4) is 0 Å². The van der Waals surface area contributed by atoms with Crippen molar-refractivity contribution in [1.29, 1.82) is 0 Å². The number of aliphatic hydroxyl groups excluding tert-OH is 2. The number of halogens is 4. The summed E-state index contributed by atoms with van der Waals surface area (Å²) in [5, 5.41) is 39.4. The number of methoxy groups -OCH3 is 2. The van der Waals surface area contributed by atoms with Crippen LogP contribution in [0.4, 0.5) is 40.8 Å². The summed E-state index contributed by atoms with van der Waals surface area (Å²) in [7, 11) is -4.23. The highest BCUT2D eigenvalue weighted by molar-refractivity contribution is 7.89. The van der Waals surface area contributed by atoms with Gasteiger partial charge in [0, 0.05) is 29.2 Å². The molecule has 4 saturated heterocycles. The number of carboxylic acids is 1. The Morgan fingerprint density at radius 1 is 0.404 bits per heavy atom. The van der Waals surface area contributed by atoms with E-state index >= 15 is 17.6 Å². The summed E-state index contributed by atoms with van der Waals surface area (Å²) in [5.41, 5.74) is 3.78. The second-order valence-corrected chi connectivity index (χ2v) is 34.5. The third-order valence-electron chi connectivity index (χ3n) is 23.1. The first-order valence-corrected chi connectivity index (χ1v) is 46.7. The van der Waals surface area contributed by atoms with Gasteiger partial charge in [0.25, 0.3) is 29.6 Å². The van der Waals surface area contributed by atoms with Gasteiger partial charge in [-0.05, 0) is 95.9 Å². The maximum Gasteiger partial charge on any atom is 0.300 e. The van der Waals surface area contributed by atoms with Gasteiger partial charge in [0.15, 0.2) is 145 Å². The molecule has 0 radical (unpaired) electrons. The number of amides is 4. The van der Waals surface area contributed by atoms with Crippen LogP contribution < -0.4 is 30.7 Å². The molecule has 7 aromatic carbocycles. The Hall–Kier alpha value is -14.0. The summed E-state index contributed by atoms with van der Waals surface area (Å²) in [5.74, 6) is -0.801. The molecule has 15 aromatic rings. The van der Waals surface area contributed by atoms with Gasteiger partial charge in [-0.1, -0.05) is 134 Å². The first kappa shape index (κ1) is 98.6. The van der Waals surface area contributed by atoms with E-state index in [9.17, 15) is 29.4 Å². The lowest BCUT2D eigenvalue weighted by Gasteiger charge is -2.39. The van der Waals surface area contributed by atoms with Gasteiger partial charge in [-0.15, -0.1) is 0 Å². The number of benzene rings is 7. The fourth-order valence-corrected chi connectivity index (χ4v) is 18.3. The lowest BCUT2D eigenvalue weighted by Crippen LogP contribution is -2.44. The van der Waals surface area contributed by atoms with Gasteiger partial charge >= 0.3 is 0 Å². The van der Waals surface area contributed by atoms with Crippen molar-refractivity contribution in [2.45, 2.75) is 124 Å². The Labute approximate surface area is 804 Å². The molecule has 12 heterocycles. The normalized spacial score (nSPS) is 23.0. The van der Waals surface area contributed by atoms with E-state index in [1.165, 1.54) is 64.3 Å². The van der Waals surface area contributed by atoms with Gasteiger partial charge in [0.2, 0.25) is 0 Å². The minimum Gasteiger partial charge on any atom is -0.497 e. The van der Waals surface area contributed by atoms with Crippen molar-refractivity contribution in [2.24, 2.45) is 0 Å². The number of nitrogens with zero attached hydrogens (tertiary/aromatic N) is 16. The number of carboxylic acid groups (broad SMARTS) is 1. The molecule has 141 heavy (non-hydrogen) atoms. The van der Waals surface area contributed by atoms with Gasteiger partial charge < -0.3 is 69.7 Å². The summed E-state index contributed by atoms with van der Waals surface area (Å²) in [6, 6.07) is 58.6. The van der Waals surface area contributed by atoms with Crippen molar-refractivity contribution < 1.29 is 108 Å². The molecular weight excluding hydrogens is 1870 g/mol. The number of ether oxygens (including phenoxy) is 7. The first-order valence-electron chi connectivity index (χ1n) is 43.4. The number of aliphatic carboxylic acids is 1. The third-order valence-corrected chi connectivity index (χ3v) is 25.2. The van der Waals surface area contributed by atoms with Crippen molar-refractivity contribution in [3.05, 3.63) is 290 Å². The number of hydrogen-bond acceptors (Lipinski definition) is 30. The Morgan fingerprint density at radius 2 is 0.702 bits per heavy atom. The van der Waals surface area contributed by atoms with E-state index in [1.807, 2.05) is 98.5 Å². The number of nitrogens with one attached hydrogen (secondary N) is 4. The summed E-state index contributed by atoms with van der Waals surface area (Å²) < 4.78 is 143. The average molecular weight is 1970 g/mol. The molecule has 47 heteroatoms. The van der Waals surface area contributed by atoms with Crippen molar-refractivity contribution >= 4 is 128 Å². The van der Waals surface area contributed by atoms with Gasteiger partial charge in [-0.25, -0.2) is 86.4 Å². The van der Waals surface area contributed by atoms with Gasteiger partial charge in [-0.2, -0.15) is 0 Å². The zero-order chi connectivity index (χ0) is 99.0. The highest BCUT2D eigenvalue weighted by Gasteiger charge is 2.57. The van der Waals surface area contributed by atoms with Crippen LogP contribution in [0.1, 0.15) is 103 Å². The van der Waals surface area contributed by atoms with Crippen LogP contribution in [-0.2, 0) is 52.2 Å². The fraction of sp³-hybridized carbons (Fsp3) is 0.287. The van der Waals surface area contributed by atoms with E-state index < -0.39 is 171 Å². The van der Waals surface area contributed by atoms with E-state index in [4.69, 9.17) is 61.2 Å². The van der Waals surface area contributed by atoms with E-state index in [-0.39, 0.29) is 81.1 Å². The van der Waals surface area contributed by atoms with Crippen molar-refractivity contribution in [3.63, 3.8) is 0 Å². The molecule has 4 amide bonds. The number of carbonyl (C=O) groups is 5. The largest absolute Gasteiger partial charge is 0.497 e. The summed E-state index contributed by atoms with van der Waals surface area (Å²) in [6.07, 6.45) is -11.3. The lowest BCUT2D eigenvalue weighted by molar-refractivity contribution is -0.134. The molecule has 0 spiro atoms. The lowest BCUT2D eigenvalue weighted by atomic mass is 9.79. The van der Waals surface area contributed by atoms with E-state index in [0.29, 0.717) is 56.9 Å². The molecule has 4 aliphatic heterocycles. The second kappa shape index (κ2) is 43.0. The van der Waals surface area contributed by atoms with Crippen molar-refractivity contribution in [2.75, 3.05) is 68.6 Å². The van der Waals surface area contributed by atoms with E-state index in [1.54, 1.807) is 141 Å². The van der Waals surface area contributed by atoms with Crippen LogP contribution in [-0.4, -0.2) is 259 Å². The summed E-state index contributed by atoms with van der Waals surface area (Å²) >= 11 is 0. The molecule has 730 valence electrons. The number of aliphatic hydroxyl groups is 2. The van der Waals surface area contributed by atoms with Crippen molar-refractivity contribution in [3.8, 4) is 11.5 Å². The third kappa shape index (κ3) is 21.1. The molecule has 7 N–H and O–H groups in total. The Bertz CT molecular complexity index is 6870. The van der Waals surface area contributed by atoms with Gasteiger partial charge in [-0.3, -0.25) is 51.3 Å². The number of fused-ring (bicyclic) bond motifs is 4. The quantitative estimate of drug-likeness (QED) is 0.00918. The molecule has 4 aliphatic rings. The maximum atomic E-state index is 18.4. The molecule has 0 saturated carbocycles. The molecule has 8 aromatic heterocycles. The number of rotatable bonds is 31. The van der Waals surface area contributed by atoms with Crippen LogP contribution in [0, 0.1) is 0 Å². The van der Waals surface area contributed by atoms with E-state index in [2.05, 4.69) is 81.1 Å². The van der Waals surface area contributed by atoms with Crippen LogP contribution in [0.2, 0.25) is 0 Å². The molecule has 0 aliphatic carbocycles. The molecule has 4 fully saturated rings. The number of imidazole rings is 4. The topological polar surface area (TPSA) is 470 Å². The van der Waals surface area contributed by atoms with Crippen LogP contribution in [0.15, 0.2) is 251 Å². The molecular formula is C94H96B2F4N20O19P2. The fourth-order valence-electron chi connectivity index (χ4n) is 16.4. The monoisotopic (exact) mass is 1970 g/mol. The zero-order valence-corrected chi connectivity index (χ0v) is 76.5. The van der Waals surface area contributed by atoms with Gasteiger partial charge in [0.05, 0.1) is 80.8 Å². The predicted molar refractivity (Wildman–Crippen MR) is 515 cm³/mol. The minimum atomic E-state index is -2.89. The van der Waals surface area contributed by atoms with Crippen LogP contribution in [0.25, 0.3) is 44.7 Å². The SMILES string of the molecule is CC(=O)O.[BH3-][P+](C)(OC[C@H]1O[C@@H](n2cnc3c(NC(=O)c4ccccc4)ncnc32)C(F)[C@H]1O)OC1C(F)C(CO)OC1n1cnc2c(NC(=O)c3ccccc3)ncnc21.[BH3-][P+](C)(OC[C@H]1O[C@@H](n2cnc3c(NC(=O)c4ccccc4)ncnc32)C(F)[C@H]1OC(c1ccccc1)(c1ccc(OC)cc1)c1ccc(OC)cc1)OC1C(F)C(CC)OC1n1cnc2c(NC(=O)c3ccccc3)ncnc21. The second-order valence-electron chi connectivity index (χ2n) is 31.8. The summed E-state index contributed by atoms with van der Waals surface area (Å²) in [4.78, 5) is 114. The Balaban J connectivity index is 0.000000197. The Kier molecular flexibility index (Phi) is 30.0. The van der Waals surface area contributed by atoms with Crippen LogP contribution in [0.5, 0.6) is 11.5 Å². The van der Waals surface area contributed by atoms with Gasteiger partial charge in [0.1, 0.15) is 86.1 Å². The molecule has 12 unspecified atom stereocenters. The number of anilines is 4. The average Bonchev–Trinajstić information content (AvgIpc) is 1.66. The number of carbonyl (C=O) groups excluding carboxylic acids is 4. The molecule has 0 bridgehead atoms. The molecule has 18 atom stereocenters. The highest BCUT2D eigenvalue weighted by Crippen LogP contribution is 2.60. The van der Waals surface area contributed by atoms with E-state index in [0.717, 1.165) is 6.92 Å². The molecule has 19 rings (SSSR count). The number of hydrogen-bond donors (Lipinski definition) is 7. The maximum absolute atomic E-state index is 18.4. The standard InChI is InChI=1S/C57H56BF2N10O9P.C35H36BF2N10O8P.C2H4O2/c1-5-41-43(59)48(56(76-41)70-33-66-46-50(62-31-64-52(46)70)68-54(72)35-17-11-7-12-18-35)79-80(4,58)75-29-42-47(44(60)55(77-42)69-32-65-45-49(61-30-63-51(45)69)67-53(71)34-15-9-6-10-16-34)78-57(36-19-13-8-14-20-36,37-21-25-39(73-2)26-22-37)38-23-27-40(74-3)28-24-38;1-57(36,53-13-21-26(50)23(38)34(55-21)47-16-43-24-28(39-14-41-30(24)47)45-32(51)18-8-4-2-5-9-18)56-27-22(37)20(12-49)54-35(27)48-17-44-25-29(40-15-42-31(25)48)46-33(52)19-10-6-3-7-11-19;1-2(3)4/h6-28,30-33,41-44,47-48,55-56H,5,29H2,1-4,58H3,(H,61,63,67,71)(H,62,64,68,72);2-11,14-17,20-23,26-27,34-35,49-50H,12-13H2,1,36H3,(H,39,41,45,51)(H,40,42,46,52);1H3,(H,3,4)/t41?,42-,43?,44?,47+,48?,55-,56?,80?;20?,21-,22?,23?,26+,27?,34-,35?,57?;/m11./s1. The number of aromatic nitrogens is 16. The minimum absolute atomic E-state index is 0.106. The molecule has 39 nitrogen and oxygen atoms in total. The highest BCUT2D eigenvalue weighted by atomic mass is 31.2. The Morgan fingerprint density at radius 3 is 1.04 bits per heavy atom. The number of alkyl halides is 4. The predicted octanol–water partition coefficient (Wildman–Crippen LogP) is 10.9. The first-order chi connectivity index (χ1) is 68.1. The van der Waals surface area contributed by atoms with Crippen molar-refractivity contribution in [1.82, 2.24) is 78.1 Å².